The van der Waals surface area contributed by atoms with Crippen LogP contribution in [0.2, 0.25) is 0 Å². The molecule has 0 radical (unpaired) electrons. The predicted octanol–water partition coefficient (Wildman–Crippen LogP) is -2.26. The van der Waals surface area contributed by atoms with Crippen molar-refractivity contribution in [3.63, 3.8) is 0 Å². The van der Waals surface area contributed by atoms with Crippen molar-refractivity contribution < 1.29 is 55.5 Å². The fourth-order valence-corrected chi connectivity index (χ4v) is 3.62. The molecular formula is C18H45O11P. The SMILES string of the molecule is CC(C)(C)P(O)(O)(O)C(C)(C)C.OCC(CO)(CO)CO.OCC(CO)(CO)CO. The van der Waals surface area contributed by atoms with Gasteiger partial charge in [0.2, 0.25) is 0 Å². The van der Waals surface area contributed by atoms with E-state index in [9.17, 15) is 14.7 Å². The molecule has 0 aromatic rings. The summed E-state index contributed by atoms with van der Waals surface area (Å²) in [5.41, 5.74) is -2.22. The quantitative estimate of drug-likeness (QED) is 0.171. The zero-order valence-electron chi connectivity index (χ0n) is 19.0. The Morgan fingerprint density at radius 1 is 0.400 bits per heavy atom. The fourth-order valence-electron chi connectivity index (χ4n) is 1.61. The van der Waals surface area contributed by atoms with Crippen molar-refractivity contribution in [2.45, 2.75) is 51.9 Å². The zero-order chi connectivity index (χ0) is 25.1. The topological polar surface area (TPSA) is 223 Å². The Hall–Kier alpha value is -0.01000. The van der Waals surface area contributed by atoms with Crippen molar-refractivity contribution in [3.8, 4) is 0 Å². The van der Waals surface area contributed by atoms with Crippen LogP contribution in [-0.4, -0.2) is 119 Å². The average molecular weight is 469 g/mol. The van der Waals surface area contributed by atoms with Crippen molar-refractivity contribution in [2.75, 3.05) is 52.9 Å². The third-order valence-corrected chi connectivity index (χ3v) is 10.1. The predicted molar refractivity (Wildman–Crippen MR) is 115 cm³/mol. The van der Waals surface area contributed by atoms with Crippen molar-refractivity contribution in [2.24, 2.45) is 10.8 Å². The minimum Gasteiger partial charge on any atom is -0.396 e. The number of aliphatic hydroxyl groups excluding tert-OH is 8. The molecule has 0 saturated carbocycles. The van der Waals surface area contributed by atoms with Crippen LogP contribution in [0.4, 0.5) is 0 Å². The molecule has 11 nitrogen and oxygen atoms in total. The van der Waals surface area contributed by atoms with Crippen LogP contribution in [0.25, 0.3) is 0 Å². The summed E-state index contributed by atoms with van der Waals surface area (Å²) in [7, 11) is -4.58. The number of hydrogen-bond acceptors (Lipinski definition) is 11. The van der Waals surface area contributed by atoms with Crippen molar-refractivity contribution in [1.82, 2.24) is 0 Å². The van der Waals surface area contributed by atoms with Crippen LogP contribution < -0.4 is 0 Å². The van der Waals surface area contributed by atoms with Crippen LogP contribution in [0.15, 0.2) is 0 Å². The minimum absolute atomic E-state index is 0.406. The molecule has 0 bridgehead atoms. The largest absolute Gasteiger partial charge is 0.396 e. The van der Waals surface area contributed by atoms with Gasteiger partial charge < -0.3 is 40.9 Å². The Labute approximate surface area is 179 Å². The molecule has 0 amide bonds. The minimum atomic E-state index is -4.58. The van der Waals surface area contributed by atoms with E-state index in [0.717, 1.165) is 0 Å². The first-order chi connectivity index (χ1) is 13.3. The van der Waals surface area contributed by atoms with Crippen LogP contribution >= 0.6 is 7.28 Å². The van der Waals surface area contributed by atoms with Gasteiger partial charge in [0.15, 0.2) is 0 Å². The Kier molecular flexibility index (Phi) is 14.9. The molecule has 11 N–H and O–H groups in total. The maximum absolute atomic E-state index is 9.89. The molecule has 0 fully saturated rings. The Balaban J connectivity index is -0.000000371. The van der Waals surface area contributed by atoms with Gasteiger partial charge in [0.05, 0.1) is 63.7 Å². The van der Waals surface area contributed by atoms with Gasteiger partial charge in [-0.15, -0.1) is 0 Å². The summed E-state index contributed by atoms with van der Waals surface area (Å²) in [4.78, 5) is 29.7. The summed E-state index contributed by atoms with van der Waals surface area (Å²) in [6, 6.07) is 0. The molecule has 0 heterocycles. The normalized spacial score (nSPS) is 14.6. The van der Waals surface area contributed by atoms with Crippen molar-refractivity contribution >= 4 is 7.28 Å². The molecule has 0 atom stereocenters. The maximum Gasteiger partial charge on any atom is 0.0627 e. The first kappa shape index (κ1) is 34.6. The van der Waals surface area contributed by atoms with E-state index in [1.165, 1.54) is 0 Å². The van der Waals surface area contributed by atoms with Gasteiger partial charge in [0.1, 0.15) is 0 Å². The fraction of sp³-hybridized carbons (Fsp3) is 1.00. The molecule has 30 heavy (non-hydrogen) atoms. The maximum atomic E-state index is 9.89. The average Bonchev–Trinajstić information content (AvgIpc) is 2.65. The standard InChI is InChI=1S/C8H21O3P.2C5H12O4/c1-7(2,3)12(9,10,11)8(4,5)6;2*6-1-5(2-7,3-8)4-9/h9-11H,1-6H3;2*6-9H,1-4H2. The first-order valence-electron chi connectivity index (χ1n) is 9.41. The molecule has 0 unspecified atom stereocenters. The second-order valence-corrected chi connectivity index (χ2v) is 14.2. The van der Waals surface area contributed by atoms with E-state index < -0.39 is 81.3 Å². The molecule has 0 aromatic carbocycles. The van der Waals surface area contributed by atoms with Gasteiger partial charge in [0.25, 0.3) is 0 Å². The van der Waals surface area contributed by atoms with Gasteiger partial charge in [-0.25, -0.2) is 0 Å². The van der Waals surface area contributed by atoms with Gasteiger partial charge >= 0.3 is 73.8 Å². The second kappa shape index (κ2) is 12.9. The molecule has 0 aromatic heterocycles. The van der Waals surface area contributed by atoms with E-state index in [-0.39, 0.29) is 0 Å². The van der Waals surface area contributed by atoms with Crippen LogP contribution in [-0.2, 0) is 0 Å². The molecule has 0 aliphatic carbocycles. The summed E-state index contributed by atoms with van der Waals surface area (Å²) < 4.78 is 0. The monoisotopic (exact) mass is 468 g/mol. The molecule has 0 rings (SSSR count). The molecule has 0 aliphatic heterocycles. The van der Waals surface area contributed by atoms with Crippen molar-refractivity contribution in [3.05, 3.63) is 0 Å². The van der Waals surface area contributed by atoms with Gasteiger partial charge in [-0.3, -0.25) is 0 Å². The van der Waals surface area contributed by atoms with Gasteiger partial charge in [-0.05, 0) is 0 Å². The Morgan fingerprint density at radius 3 is 0.533 bits per heavy atom. The smallest absolute Gasteiger partial charge is 0.0627 e. The zero-order valence-corrected chi connectivity index (χ0v) is 19.9. The van der Waals surface area contributed by atoms with E-state index in [1.807, 2.05) is 0 Å². The molecule has 0 spiro atoms. The van der Waals surface area contributed by atoms with Crippen LogP contribution in [0.5, 0.6) is 0 Å². The summed E-state index contributed by atoms with van der Waals surface area (Å²) in [5, 5.41) is 66.2. The first-order valence-corrected chi connectivity index (χ1v) is 11.5. The third kappa shape index (κ3) is 8.85. The van der Waals surface area contributed by atoms with Crippen LogP contribution in [0.1, 0.15) is 41.5 Å². The van der Waals surface area contributed by atoms with Gasteiger partial charge in [0, 0.05) is 0 Å². The molecule has 188 valence electrons. The summed E-state index contributed by atoms with van der Waals surface area (Å²) in [6.45, 7) is 6.56. The summed E-state index contributed by atoms with van der Waals surface area (Å²) in [6.07, 6.45) is 0. The Bertz CT molecular complexity index is 369. The van der Waals surface area contributed by atoms with Crippen LogP contribution in [0.3, 0.4) is 0 Å². The number of hydrogen-bond donors (Lipinski definition) is 11. The molecule has 12 heteroatoms. The third-order valence-electron chi connectivity index (χ3n) is 5.15. The molecule has 0 saturated heterocycles. The molecular weight excluding hydrogens is 423 g/mol. The van der Waals surface area contributed by atoms with E-state index in [1.54, 1.807) is 41.5 Å². The van der Waals surface area contributed by atoms with Crippen LogP contribution in [0, 0.1) is 10.8 Å². The van der Waals surface area contributed by atoms with Crippen molar-refractivity contribution in [1.29, 1.82) is 0 Å². The Morgan fingerprint density at radius 2 is 0.533 bits per heavy atom. The second-order valence-electron chi connectivity index (χ2n) is 9.59. The number of aliphatic hydroxyl groups is 8. The summed E-state index contributed by atoms with van der Waals surface area (Å²) >= 11 is 0. The van der Waals surface area contributed by atoms with E-state index in [0.29, 0.717) is 0 Å². The molecule has 0 aliphatic rings. The van der Waals surface area contributed by atoms with E-state index in [4.69, 9.17) is 40.9 Å². The number of rotatable bonds is 8. The van der Waals surface area contributed by atoms with Gasteiger partial charge in [-0.1, -0.05) is 0 Å². The van der Waals surface area contributed by atoms with E-state index >= 15 is 0 Å². The van der Waals surface area contributed by atoms with Gasteiger partial charge in [-0.2, -0.15) is 0 Å². The summed E-state index contributed by atoms with van der Waals surface area (Å²) in [5.74, 6) is 0. The van der Waals surface area contributed by atoms with E-state index in [2.05, 4.69) is 0 Å².